The summed E-state index contributed by atoms with van der Waals surface area (Å²) in [5, 5.41) is 0.918. The van der Waals surface area contributed by atoms with E-state index in [1.807, 2.05) is 36.5 Å². The molecule has 0 saturated carbocycles. The Bertz CT molecular complexity index is 1470. The first-order valence-corrected chi connectivity index (χ1v) is 12.5. The summed E-state index contributed by atoms with van der Waals surface area (Å²) in [7, 11) is -3.76. The number of rotatable bonds is 5. The second-order valence-electron chi connectivity index (χ2n) is 8.56. The Morgan fingerprint density at radius 1 is 0.971 bits per heavy atom. The lowest BCUT2D eigenvalue weighted by Gasteiger charge is -2.31. The van der Waals surface area contributed by atoms with Gasteiger partial charge in [-0.2, -0.15) is 4.31 Å². The number of carbonyl (C=O) groups excluding carboxylic acids is 1. The molecule has 0 bridgehead atoms. The molecule has 8 heteroatoms. The molecule has 34 heavy (non-hydrogen) atoms. The van der Waals surface area contributed by atoms with Crippen molar-refractivity contribution in [2.24, 2.45) is 5.73 Å². The van der Waals surface area contributed by atoms with E-state index < -0.39 is 21.7 Å². The van der Waals surface area contributed by atoms with Gasteiger partial charge in [-0.25, -0.2) is 12.8 Å². The van der Waals surface area contributed by atoms with Crippen molar-refractivity contribution in [3.63, 3.8) is 0 Å². The van der Waals surface area contributed by atoms with Gasteiger partial charge in [-0.15, -0.1) is 0 Å². The Morgan fingerprint density at radius 2 is 1.71 bits per heavy atom. The summed E-state index contributed by atoms with van der Waals surface area (Å²) in [5.41, 5.74) is 9.72. The van der Waals surface area contributed by atoms with E-state index in [1.54, 1.807) is 6.07 Å². The van der Waals surface area contributed by atoms with Gasteiger partial charge in [0.1, 0.15) is 5.82 Å². The first-order chi connectivity index (χ1) is 16.3. The second-order valence-corrected chi connectivity index (χ2v) is 10.5. The number of hydrogen-bond donors (Lipinski definition) is 2. The fourth-order valence-corrected chi connectivity index (χ4v) is 6.27. The molecule has 6 nitrogen and oxygen atoms in total. The molecule has 0 spiro atoms. The van der Waals surface area contributed by atoms with Crippen molar-refractivity contribution < 1.29 is 17.6 Å². The zero-order valence-electron chi connectivity index (χ0n) is 18.4. The van der Waals surface area contributed by atoms with Crippen molar-refractivity contribution in [1.82, 2.24) is 9.29 Å². The maximum absolute atomic E-state index is 13.6. The molecule has 1 saturated heterocycles. The number of piperidine rings is 1. The van der Waals surface area contributed by atoms with Gasteiger partial charge in [0.25, 0.3) is 5.91 Å². The molecule has 1 fully saturated rings. The number of primary amides is 1. The van der Waals surface area contributed by atoms with Gasteiger partial charge >= 0.3 is 0 Å². The van der Waals surface area contributed by atoms with Gasteiger partial charge in [-0.05, 0) is 65.8 Å². The van der Waals surface area contributed by atoms with E-state index in [4.69, 9.17) is 5.73 Å². The Labute approximate surface area is 197 Å². The fourth-order valence-electron chi connectivity index (χ4n) is 4.77. The van der Waals surface area contributed by atoms with Gasteiger partial charge < -0.3 is 10.7 Å². The number of amides is 1. The number of aromatic amines is 1. The van der Waals surface area contributed by atoms with E-state index in [1.165, 1.54) is 22.5 Å². The van der Waals surface area contributed by atoms with Gasteiger partial charge in [-0.1, -0.05) is 36.4 Å². The summed E-state index contributed by atoms with van der Waals surface area (Å²) in [6, 6.07) is 18.7. The predicted molar refractivity (Wildman–Crippen MR) is 129 cm³/mol. The van der Waals surface area contributed by atoms with E-state index in [0.29, 0.717) is 37.0 Å². The van der Waals surface area contributed by atoms with Crippen LogP contribution in [-0.4, -0.2) is 36.7 Å². The Kier molecular flexibility index (Phi) is 5.71. The van der Waals surface area contributed by atoms with Gasteiger partial charge in [0, 0.05) is 24.7 Å². The predicted octanol–water partition coefficient (Wildman–Crippen LogP) is 4.64. The molecule has 3 N–H and O–H groups in total. The van der Waals surface area contributed by atoms with Crippen LogP contribution in [-0.2, 0) is 10.0 Å². The molecule has 174 valence electrons. The molecule has 1 aliphatic rings. The van der Waals surface area contributed by atoms with Crippen LogP contribution >= 0.6 is 0 Å². The molecular weight excluding hydrogens is 453 g/mol. The number of fused-ring (bicyclic) bond motifs is 1. The largest absolute Gasteiger partial charge is 0.366 e. The van der Waals surface area contributed by atoms with Gasteiger partial charge in [0.05, 0.1) is 16.0 Å². The smallest absolute Gasteiger partial charge is 0.250 e. The van der Waals surface area contributed by atoms with E-state index in [9.17, 15) is 17.6 Å². The summed E-state index contributed by atoms with van der Waals surface area (Å²) in [6.45, 7) is 0.661. The monoisotopic (exact) mass is 477 g/mol. The van der Waals surface area contributed by atoms with Crippen LogP contribution in [0, 0.1) is 5.82 Å². The number of carbonyl (C=O) groups is 1. The Morgan fingerprint density at radius 3 is 2.38 bits per heavy atom. The number of nitrogens with one attached hydrogen (secondary N) is 1. The van der Waals surface area contributed by atoms with E-state index >= 15 is 0 Å². The fraction of sp³-hybridized carbons (Fsp3) is 0.192. The standard InChI is InChI=1S/C26H24FN3O3S/c27-20-7-4-8-21(15-20)34(32,33)30-11-9-18(10-12-30)24-16-29-25-22(24)13-19(14-23(25)26(28)31)17-5-2-1-3-6-17/h1-8,13-16,18,29H,9-12H2,(H2,28,31). The number of nitrogens with zero attached hydrogens (tertiary/aromatic N) is 1. The summed E-state index contributed by atoms with van der Waals surface area (Å²) < 4.78 is 40.9. The van der Waals surface area contributed by atoms with Crippen LogP contribution in [0.15, 0.2) is 77.8 Å². The highest BCUT2D eigenvalue weighted by atomic mass is 32.2. The SMILES string of the molecule is NC(=O)c1cc(-c2ccccc2)cc2c(C3CCN(S(=O)(=O)c4cccc(F)c4)CC3)c[nH]c12. The van der Waals surface area contributed by atoms with Crippen LogP contribution in [0.2, 0.25) is 0 Å². The zero-order valence-corrected chi connectivity index (χ0v) is 19.2. The van der Waals surface area contributed by atoms with Crippen molar-refractivity contribution in [3.05, 3.63) is 89.9 Å². The molecular formula is C26H24FN3O3S. The molecule has 2 heterocycles. The molecule has 1 aromatic heterocycles. The maximum Gasteiger partial charge on any atom is 0.250 e. The highest BCUT2D eigenvalue weighted by Crippen LogP contribution is 2.37. The lowest BCUT2D eigenvalue weighted by molar-refractivity contribution is 0.100. The first-order valence-electron chi connectivity index (χ1n) is 11.1. The van der Waals surface area contributed by atoms with Crippen LogP contribution in [0.5, 0.6) is 0 Å². The minimum atomic E-state index is -3.76. The maximum atomic E-state index is 13.6. The van der Waals surface area contributed by atoms with Crippen molar-refractivity contribution >= 4 is 26.8 Å². The molecule has 0 radical (unpaired) electrons. The quantitative estimate of drug-likeness (QED) is 0.438. The number of sulfonamides is 1. The number of aromatic nitrogens is 1. The van der Waals surface area contributed by atoms with Crippen LogP contribution < -0.4 is 5.73 Å². The lowest BCUT2D eigenvalue weighted by atomic mass is 9.88. The van der Waals surface area contributed by atoms with Gasteiger partial charge in [0.2, 0.25) is 10.0 Å². The van der Waals surface area contributed by atoms with E-state index in [0.717, 1.165) is 28.1 Å². The third-order valence-electron chi connectivity index (χ3n) is 6.52. The molecule has 0 atom stereocenters. The van der Waals surface area contributed by atoms with Crippen LogP contribution in [0.3, 0.4) is 0 Å². The van der Waals surface area contributed by atoms with Crippen molar-refractivity contribution in [2.75, 3.05) is 13.1 Å². The van der Waals surface area contributed by atoms with Crippen LogP contribution in [0.25, 0.3) is 22.0 Å². The highest BCUT2D eigenvalue weighted by molar-refractivity contribution is 7.89. The van der Waals surface area contributed by atoms with Crippen LogP contribution in [0.1, 0.15) is 34.7 Å². The first kappa shape index (κ1) is 22.3. The molecule has 3 aromatic carbocycles. The molecule has 1 amide bonds. The van der Waals surface area contributed by atoms with Gasteiger partial charge in [-0.3, -0.25) is 4.79 Å². The Balaban J connectivity index is 1.46. The topological polar surface area (TPSA) is 96.3 Å². The normalized spacial score (nSPS) is 15.6. The molecule has 4 aromatic rings. The minimum absolute atomic E-state index is 0.0309. The third-order valence-corrected chi connectivity index (χ3v) is 8.42. The number of benzene rings is 3. The van der Waals surface area contributed by atoms with Gasteiger partial charge in [0.15, 0.2) is 0 Å². The zero-order chi connectivity index (χ0) is 23.9. The minimum Gasteiger partial charge on any atom is -0.366 e. The van der Waals surface area contributed by atoms with E-state index in [-0.39, 0.29) is 10.8 Å². The lowest BCUT2D eigenvalue weighted by Crippen LogP contribution is -2.37. The molecule has 0 aliphatic carbocycles. The third kappa shape index (κ3) is 3.99. The number of halogens is 1. The molecule has 1 aliphatic heterocycles. The highest BCUT2D eigenvalue weighted by Gasteiger charge is 2.31. The average Bonchev–Trinajstić information content (AvgIpc) is 3.28. The molecule has 0 unspecified atom stereocenters. The number of H-pyrrole nitrogens is 1. The number of nitrogens with two attached hydrogens (primary N) is 1. The van der Waals surface area contributed by atoms with E-state index in [2.05, 4.69) is 11.1 Å². The van der Waals surface area contributed by atoms with Crippen molar-refractivity contribution in [1.29, 1.82) is 0 Å². The summed E-state index contributed by atoms with van der Waals surface area (Å²) >= 11 is 0. The molecule has 5 rings (SSSR count). The summed E-state index contributed by atoms with van der Waals surface area (Å²) in [4.78, 5) is 15.4. The van der Waals surface area contributed by atoms with Crippen molar-refractivity contribution in [2.45, 2.75) is 23.7 Å². The second kappa shape index (κ2) is 8.70. The van der Waals surface area contributed by atoms with Crippen molar-refractivity contribution in [3.8, 4) is 11.1 Å². The summed E-state index contributed by atoms with van der Waals surface area (Å²) in [6.07, 6.45) is 3.12. The summed E-state index contributed by atoms with van der Waals surface area (Å²) in [5.74, 6) is -0.971. The van der Waals surface area contributed by atoms with Crippen LogP contribution in [0.4, 0.5) is 4.39 Å². The number of hydrogen-bond acceptors (Lipinski definition) is 3. The Hall–Kier alpha value is -3.49. The average molecular weight is 478 g/mol.